The first-order valence-corrected chi connectivity index (χ1v) is 8.87. The van der Waals surface area contributed by atoms with Crippen LogP contribution in [0, 0.1) is 0 Å². The second-order valence-electron chi connectivity index (χ2n) is 4.34. The first-order chi connectivity index (χ1) is 9.02. The molecule has 0 radical (unpaired) electrons. The standard InChI is InChI=1S/C14H17NO2S2/c1-3-11-8-9-18-13(11)10-15-12-6-4-5-7-14(12)19(2,16)17/h4-9,15H,3,10H2,1-2H3. The lowest BCUT2D eigenvalue weighted by atomic mass is 10.2. The Morgan fingerprint density at radius 1 is 1.21 bits per heavy atom. The Hall–Kier alpha value is -1.33. The molecule has 0 unspecified atom stereocenters. The molecule has 0 atom stereocenters. The van der Waals surface area contributed by atoms with Gasteiger partial charge in [-0.25, -0.2) is 8.42 Å². The molecule has 1 N–H and O–H groups in total. The van der Waals surface area contributed by atoms with Crippen molar-refractivity contribution in [3.63, 3.8) is 0 Å². The van der Waals surface area contributed by atoms with E-state index < -0.39 is 9.84 Å². The molecule has 5 heteroatoms. The van der Waals surface area contributed by atoms with Crippen LogP contribution in [0.2, 0.25) is 0 Å². The van der Waals surface area contributed by atoms with Gasteiger partial charge in [-0.05, 0) is 35.6 Å². The van der Waals surface area contributed by atoms with Crippen molar-refractivity contribution >= 4 is 26.9 Å². The number of benzene rings is 1. The van der Waals surface area contributed by atoms with Crippen molar-refractivity contribution in [2.24, 2.45) is 0 Å². The van der Waals surface area contributed by atoms with Gasteiger partial charge in [0.25, 0.3) is 0 Å². The van der Waals surface area contributed by atoms with Crippen molar-refractivity contribution < 1.29 is 8.42 Å². The quantitative estimate of drug-likeness (QED) is 0.920. The average molecular weight is 295 g/mol. The summed E-state index contributed by atoms with van der Waals surface area (Å²) in [5.41, 5.74) is 1.98. The Bertz CT molecular complexity index is 660. The lowest BCUT2D eigenvalue weighted by molar-refractivity contribution is 0.602. The number of sulfone groups is 1. The van der Waals surface area contributed by atoms with E-state index in [9.17, 15) is 8.42 Å². The Balaban J connectivity index is 2.21. The Morgan fingerprint density at radius 3 is 2.63 bits per heavy atom. The average Bonchev–Trinajstić information content (AvgIpc) is 2.83. The van der Waals surface area contributed by atoms with Crippen molar-refractivity contribution in [2.45, 2.75) is 24.8 Å². The first-order valence-electron chi connectivity index (χ1n) is 6.10. The van der Waals surface area contributed by atoms with Crippen molar-refractivity contribution in [2.75, 3.05) is 11.6 Å². The minimum atomic E-state index is -3.20. The van der Waals surface area contributed by atoms with Gasteiger partial charge in [0.15, 0.2) is 9.84 Å². The number of thiophene rings is 1. The summed E-state index contributed by atoms with van der Waals surface area (Å²) in [6, 6.07) is 9.13. The molecule has 3 nitrogen and oxygen atoms in total. The van der Waals surface area contributed by atoms with Gasteiger partial charge < -0.3 is 5.32 Å². The van der Waals surface area contributed by atoms with Crippen molar-refractivity contribution in [3.8, 4) is 0 Å². The SMILES string of the molecule is CCc1ccsc1CNc1ccccc1S(C)(=O)=O. The first kappa shape index (κ1) is 14.1. The minimum Gasteiger partial charge on any atom is -0.379 e. The molecule has 1 aromatic heterocycles. The van der Waals surface area contributed by atoms with E-state index in [1.807, 2.05) is 6.07 Å². The van der Waals surface area contributed by atoms with Crippen LogP contribution in [0.3, 0.4) is 0 Å². The smallest absolute Gasteiger partial charge is 0.177 e. The van der Waals surface area contributed by atoms with Crippen LogP contribution in [0.15, 0.2) is 40.6 Å². The zero-order valence-electron chi connectivity index (χ0n) is 11.0. The number of hydrogen-bond acceptors (Lipinski definition) is 4. The van der Waals surface area contributed by atoms with E-state index in [1.165, 1.54) is 16.7 Å². The fraction of sp³-hybridized carbons (Fsp3) is 0.286. The topological polar surface area (TPSA) is 46.2 Å². The summed E-state index contributed by atoms with van der Waals surface area (Å²) in [5.74, 6) is 0. The highest BCUT2D eigenvalue weighted by Gasteiger charge is 2.12. The van der Waals surface area contributed by atoms with Gasteiger partial charge >= 0.3 is 0 Å². The summed E-state index contributed by atoms with van der Waals surface area (Å²) < 4.78 is 23.4. The lowest BCUT2D eigenvalue weighted by Gasteiger charge is -2.10. The van der Waals surface area contributed by atoms with E-state index in [2.05, 4.69) is 23.7 Å². The van der Waals surface area contributed by atoms with Crippen LogP contribution in [0.4, 0.5) is 5.69 Å². The normalized spacial score (nSPS) is 11.5. The fourth-order valence-electron chi connectivity index (χ4n) is 1.95. The van der Waals surface area contributed by atoms with Gasteiger partial charge in [0.1, 0.15) is 0 Å². The number of aryl methyl sites for hydroxylation is 1. The van der Waals surface area contributed by atoms with E-state index in [-0.39, 0.29) is 0 Å². The summed E-state index contributed by atoms with van der Waals surface area (Å²) in [7, 11) is -3.20. The summed E-state index contributed by atoms with van der Waals surface area (Å²) in [5, 5.41) is 5.30. The Labute approximate surface area is 118 Å². The van der Waals surface area contributed by atoms with Crippen LogP contribution in [0.1, 0.15) is 17.4 Å². The summed E-state index contributed by atoms with van der Waals surface area (Å²) in [6.07, 6.45) is 2.23. The molecule has 1 aromatic carbocycles. The van der Waals surface area contributed by atoms with Crippen LogP contribution in [0.25, 0.3) is 0 Å². The van der Waals surface area contributed by atoms with E-state index in [0.29, 0.717) is 17.1 Å². The predicted octanol–water partition coefficient (Wildman–Crippen LogP) is 3.33. The molecule has 0 aliphatic rings. The molecule has 2 rings (SSSR count). The van der Waals surface area contributed by atoms with Crippen LogP contribution in [-0.4, -0.2) is 14.7 Å². The largest absolute Gasteiger partial charge is 0.379 e. The van der Waals surface area contributed by atoms with Gasteiger partial charge in [-0.2, -0.15) is 0 Å². The van der Waals surface area contributed by atoms with E-state index in [1.54, 1.807) is 29.5 Å². The minimum absolute atomic E-state index is 0.351. The number of anilines is 1. The van der Waals surface area contributed by atoms with Crippen molar-refractivity contribution in [1.29, 1.82) is 0 Å². The lowest BCUT2D eigenvalue weighted by Crippen LogP contribution is -2.06. The van der Waals surface area contributed by atoms with Crippen LogP contribution >= 0.6 is 11.3 Å². The van der Waals surface area contributed by atoms with Gasteiger partial charge in [0, 0.05) is 17.7 Å². The predicted molar refractivity (Wildman–Crippen MR) is 80.6 cm³/mol. The van der Waals surface area contributed by atoms with Gasteiger partial charge in [0.05, 0.1) is 10.6 Å². The molecule has 0 amide bonds. The molecule has 0 bridgehead atoms. The highest BCUT2D eigenvalue weighted by atomic mass is 32.2. The van der Waals surface area contributed by atoms with Crippen molar-refractivity contribution in [1.82, 2.24) is 0 Å². The molecule has 0 spiro atoms. The molecule has 19 heavy (non-hydrogen) atoms. The zero-order chi connectivity index (χ0) is 13.9. The maximum Gasteiger partial charge on any atom is 0.177 e. The third-order valence-corrected chi connectivity index (χ3v) is 5.06. The number of hydrogen-bond donors (Lipinski definition) is 1. The number of nitrogens with one attached hydrogen (secondary N) is 1. The van der Waals surface area contributed by atoms with E-state index in [4.69, 9.17) is 0 Å². The molecule has 1 heterocycles. The summed E-state index contributed by atoms with van der Waals surface area (Å²) >= 11 is 1.69. The molecule has 102 valence electrons. The summed E-state index contributed by atoms with van der Waals surface area (Å²) in [6.45, 7) is 2.78. The molecule has 0 saturated carbocycles. The molecule has 2 aromatic rings. The molecule has 0 fully saturated rings. The monoisotopic (exact) mass is 295 g/mol. The summed E-state index contributed by atoms with van der Waals surface area (Å²) in [4.78, 5) is 1.61. The molecule has 0 saturated heterocycles. The Kier molecular flexibility index (Phi) is 4.27. The van der Waals surface area contributed by atoms with Gasteiger partial charge in [-0.3, -0.25) is 0 Å². The van der Waals surface area contributed by atoms with Gasteiger partial charge in [-0.1, -0.05) is 19.1 Å². The second-order valence-corrected chi connectivity index (χ2v) is 7.33. The zero-order valence-corrected chi connectivity index (χ0v) is 12.6. The van der Waals surface area contributed by atoms with Crippen LogP contribution in [0.5, 0.6) is 0 Å². The third kappa shape index (κ3) is 3.36. The highest BCUT2D eigenvalue weighted by Crippen LogP contribution is 2.23. The Morgan fingerprint density at radius 2 is 1.95 bits per heavy atom. The highest BCUT2D eigenvalue weighted by molar-refractivity contribution is 7.90. The second kappa shape index (κ2) is 5.75. The molecular weight excluding hydrogens is 278 g/mol. The van der Waals surface area contributed by atoms with Gasteiger partial charge in [-0.15, -0.1) is 11.3 Å². The van der Waals surface area contributed by atoms with Crippen molar-refractivity contribution in [3.05, 3.63) is 46.2 Å². The van der Waals surface area contributed by atoms with Crippen LogP contribution < -0.4 is 5.32 Å². The molecule has 0 aliphatic carbocycles. The van der Waals surface area contributed by atoms with Gasteiger partial charge in [0.2, 0.25) is 0 Å². The number of rotatable bonds is 5. The molecule has 0 aliphatic heterocycles. The van der Waals surface area contributed by atoms with E-state index >= 15 is 0 Å². The van der Waals surface area contributed by atoms with E-state index in [0.717, 1.165) is 6.42 Å². The maximum absolute atomic E-state index is 11.7. The number of para-hydroxylation sites is 1. The maximum atomic E-state index is 11.7. The molecular formula is C14H17NO2S2. The third-order valence-electron chi connectivity index (χ3n) is 2.94. The fourth-order valence-corrected chi connectivity index (χ4v) is 3.73. The van der Waals surface area contributed by atoms with Crippen LogP contribution in [-0.2, 0) is 22.8 Å².